The highest BCUT2D eigenvalue weighted by atomic mass is 16.6. The second-order valence-corrected chi connectivity index (χ2v) is 17.8. The van der Waals surface area contributed by atoms with Crippen molar-refractivity contribution in [2.75, 3.05) is 41.0 Å². The third kappa shape index (κ3) is 43.5. The number of carbonyl (C=O) groups is 3. The molecule has 0 spiro atoms. The maximum atomic E-state index is 12.8. The van der Waals surface area contributed by atoms with Gasteiger partial charge in [0.05, 0.1) is 34.4 Å². The smallest absolute Gasteiger partial charge is 0.362 e. The van der Waals surface area contributed by atoms with Gasteiger partial charge in [-0.3, -0.25) is 9.59 Å². The minimum Gasteiger partial charge on any atom is -0.477 e. The lowest BCUT2D eigenvalue weighted by Gasteiger charge is -2.31. The standard InChI is InChI=1S/C56H93NO7/c1-6-8-10-12-14-16-18-20-22-24-26-27-28-29-31-33-35-37-39-41-43-45-47-55(59)64-52(50-62-49-48-53(56(60)61)57(3,4)5)51-63-54(58)46-44-42-40-38-36-34-32-30-25-23-21-19-17-15-13-11-9-7-2/h8,10,14-17,19-23,25-27,30,32,52-53H,6-7,9,11-13,18,24,28-29,31,33-51H2,1-5H3/p+1/b10-8+,16-14+,17-15+,21-19+,22-20+,25-23+,27-26+,32-30+. The SMILES string of the molecule is CC/C=C/C/C=C/C/C=C/C/C=C/CCCCCCCCCCCC(=O)OC(COCCC(C(=O)O)[N+](C)(C)C)COC(=O)CCCCCCC/C=C/C=C/C=C/C=C/CCCCC. The molecule has 0 aliphatic heterocycles. The van der Waals surface area contributed by atoms with Crippen LogP contribution in [0.25, 0.3) is 0 Å². The van der Waals surface area contributed by atoms with Crippen molar-refractivity contribution in [1.82, 2.24) is 0 Å². The molecule has 1 N–H and O–H groups in total. The molecular formula is C56H94NO7+. The first-order chi connectivity index (χ1) is 31.1. The number of rotatable bonds is 44. The molecule has 0 aliphatic rings. The Hall–Kier alpha value is -3.75. The van der Waals surface area contributed by atoms with Gasteiger partial charge >= 0.3 is 17.9 Å². The third-order valence-corrected chi connectivity index (χ3v) is 10.8. The Labute approximate surface area is 392 Å². The van der Waals surface area contributed by atoms with Crippen LogP contribution in [0.5, 0.6) is 0 Å². The van der Waals surface area contributed by atoms with Crippen LogP contribution in [0, 0.1) is 0 Å². The van der Waals surface area contributed by atoms with Gasteiger partial charge < -0.3 is 23.8 Å². The number of ether oxygens (including phenoxy) is 3. The predicted octanol–water partition coefficient (Wildman–Crippen LogP) is 14.6. The zero-order valence-electron chi connectivity index (χ0n) is 41.4. The number of hydrogen-bond donors (Lipinski definition) is 1. The maximum absolute atomic E-state index is 12.8. The maximum Gasteiger partial charge on any atom is 0.362 e. The Morgan fingerprint density at radius 3 is 1.44 bits per heavy atom. The fourth-order valence-corrected chi connectivity index (χ4v) is 6.92. The van der Waals surface area contributed by atoms with Gasteiger partial charge in [0.15, 0.2) is 12.1 Å². The van der Waals surface area contributed by atoms with Crippen LogP contribution in [0.15, 0.2) is 97.2 Å². The molecule has 0 aromatic heterocycles. The first kappa shape index (κ1) is 60.2. The highest BCUT2D eigenvalue weighted by molar-refractivity contribution is 5.72. The van der Waals surface area contributed by atoms with Gasteiger partial charge in [0.25, 0.3) is 0 Å². The minimum absolute atomic E-state index is 0.0451. The Kier molecular flexibility index (Phi) is 43.1. The van der Waals surface area contributed by atoms with E-state index in [1.54, 1.807) is 0 Å². The third-order valence-electron chi connectivity index (χ3n) is 10.8. The lowest BCUT2D eigenvalue weighted by Crippen LogP contribution is -2.50. The fraction of sp³-hybridized carbons (Fsp3) is 0.661. The van der Waals surface area contributed by atoms with Crippen LogP contribution in [0.3, 0.4) is 0 Å². The molecule has 0 radical (unpaired) electrons. The molecule has 8 nitrogen and oxygen atoms in total. The zero-order chi connectivity index (χ0) is 47.0. The summed E-state index contributed by atoms with van der Waals surface area (Å²) in [5.41, 5.74) is 0. The Balaban J connectivity index is 4.33. The Morgan fingerprint density at radius 2 is 0.938 bits per heavy atom. The largest absolute Gasteiger partial charge is 0.477 e. The van der Waals surface area contributed by atoms with Crippen molar-refractivity contribution >= 4 is 17.9 Å². The van der Waals surface area contributed by atoms with Crippen molar-refractivity contribution in [3.63, 3.8) is 0 Å². The van der Waals surface area contributed by atoms with E-state index in [4.69, 9.17) is 14.2 Å². The molecule has 0 aromatic carbocycles. The quantitative estimate of drug-likeness (QED) is 0.0214. The highest BCUT2D eigenvalue weighted by Gasteiger charge is 2.31. The molecule has 0 heterocycles. The van der Waals surface area contributed by atoms with E-state index < -0.39 is 18.1 Å². The van der Waals surface area contributed by atoms with E-state index in [0.717, 1.165) is 96.3 Å². The summed E-state index contributed by atoms with van der Waals surface area (Å²) in [6, 6.07) is -0.626. The Bertz CT molecular complexity index is 1360. The van der Waals surface area contributed by atoms with Gasteiger partial charge in [-0.2, -0.15) is 0 Å². The number of carboxylic acid groups (broad SMARTS) is 1. The number of nitrogens with zero attached hydrogens (tertiary/aromatic N) is 1. The van der Waals surface area contributed by atoms with Crippen molar-refractivity contribution in [2.24, 2.45) is 0 Å². The van der Waals surface area contributed by atoms with Crippen molar-refractivity contribution in [1.29, 1.82) is 0 Å². The number of hydrogen-bond acceptors (Lipinski definition) is 6. The van der Waals surface area contributed by atoms with Crippen molar-refractivity contribution in [2.45, 2.75) is 199 Å². The summed E-state index contributed by atoms with van der Waals surface area (Å²) in [7, 11) is 5.52. The summed E-state index contributed by atoms with van der Waals surface area (Å²) in [4.78, 5) is 37.2. The number of carbonyl (C=O) groups excluding carboxylic acids is 2. The summed E-state index contributed by atoms with van der Waals surface area (Å²) in [5, 5.41) is 9.65. The van der Waals surface area contributed by atoms with Crippen LogP contribution in [-0.4, -0.2) is 80.6 Å². The number of aliphatic carboxylic acids is 1. The molecular weight excluding hydrogens is 799 g/mol. The molecule has 0 rings (SSSR count). The number of allylic oxidation sites excluding steroid dienone is 16. The summed E-state index contributed by atoms with van der Waals surface area (Å²) in [5.74, 6) is -1.51. The van der Waals surface area contributed by atoms with E-state index in [0.29, 0.717) is 19.3 Å². The van der Waals surface area contributed by atoms with Crippen molar-refractivity contribution in [3.05, 3.63) is 97.2 Å². The van der Waals surface area contributed by atoms with E-state index in [1.165, 1.54) is 57.8 Å². The normalized spacial score (nSPS) is 13.7. The molecule has 0 saturated carbocycles. The monoisotopic (exact) mass is 893 g/mol. The van der Waals surface area contributed by atoms with E-state index in [9.17, 15) is 19.5 Å². The summed E-state index contributed by atoms with van der Waals surface area (Å²) < 4.78 is 17.3. The molecule has 0 aromatic rings. The second kappa shape index (κ2) is 45.8. The summed E-state index contributed by atoms with van der Waals surface area (Å²) in [6.07, 6.45) is 61.6. The fourth-order valence-electron chi connectivity index (χ4n) is 6.92. The molecule has 0 saturated heterocycles. The van der Waals surface area contributed by atoms with Crippen molar-refractivity contribution in [3.8, 4) is 0 Å². The number of quaternary nitrogens is 1. The first-order valence-corrected chi connectivity index (χ1v) is 25.3. The molecule has 2 unspecified atom stereocenters. The van der Waals surface area contributed by atoms with Crippen LogP contribution < -0.4 is 0 Å². The van der Waals surface area contributed by atoms with Gasteiger partial charge in [0.2, 0.25) is 0 Å². The van der Waals surface area contributed by atoms with E-state index in [1.807, 2.05) is 21.1 Å². The number of likely N-dealkylation sites (N-methyl/N-ethyl adjacent to an activating group) is 1. The van der Waals surface area contributed by atoms with Crippen LogP contribution >= 0.6 is 0 Å². The number of esters is 2. The van der Waals surface area contributed by atoms with Gasteiger partial charge in [0, 0.05) is 19.3 Å². The van der Waals surface area contributed by atoms with E-state index in [2.05, 4.69) is 111 Å². The van der Waals surface area contributed by atoms with Crippen LogP contribution in [0.4, 0.5) is 0 Å². The second-order valence-electron chi connectivity index (χ2n) is 17.8. The lowest BCUT2D eigenvalue weighted by molar-refractivity contribution is -0.887. The molecule has 0 fully saturated rings. The molecule has 0 aliphatic carbocycles. The van der Waals surface area contributed by atoms with Gasteiger partial charge in [0.1, 0.15) is 6.61 Å². The summed E-state index contributed by atoms with van der Waals surface area (Å²) in [6.45, 7) is 4.55. The highest BCUT2D eigenvalue weighted by Crippen LogP contribution is 2.14. The van der Waals surface area contributed by atoms with Crippen LogP contribution in [0.1, 0.15) is 187 Å². The topological polar surface area (TPSA) is 99.1 Å². The van der Waals surface area contributed by atoms with Gasteiger partial charge in [-0.25, -0.2) is 4.79 Å². The molecule has 0 bridgehead atoms. The van der Waals surface area contributed by atoms with E-state index in [-0.39, 0.29) is 36.2 Å². The summed E-state index contributed by atoms with van der Waals surface area (Å²) >= 11 is 0. The van der Waals surface area contributed by atoms with E-state index >= 15 is 0 Å². The lowest BCUT2D eigenvalue weighted by atomic mass is 10.1. The van der Waals surface area contributed by atoms with Crippen molar-refractivity contribution < 1.29 is 38.2 Å². The van der Waals surface area contributed by atoms with Crippen LogP contribution in [0.2, 0.25) is 0 Å². The number of carboxylic acids is 1. The molecule has 2 atom stereocenters. The molecule has 0 amide bonds. The molecule has 364 valence electrons. The Morgan fingerprint density at radius 1 is 0.500 bits per heavy atom. The van der Waals surface area contributed by atoms with Gasteiger partial charge in [-0.05, 0) is 77.0 Å². The van der Waals surface area contributed by atoms with Crippen LogP contribution in [-0.2, 0) is 28.6 Å². The average molecular weight is 893 g/mol. The zero-order valence-corrected chi connectivity index (χ0v) is 41.4. The molecule has 64 heavy (non-hydrogen) atoms. The van der Waals surface area contributed by atoms with Gasteiger partial charge in [-0.15, -0.1) is 0 Å². The molecule has 8 heteroatoms. The average Bonchev–Trinajstić information content (AvgIpc) is 3.26. The first-order valence-electron chi connectivity index (χ1n) is 25.3. The predicted molar refractivity (Wildman–Crippen MR) is 270 cm³/mol. The minimum atomic E-state index is -0.883. The van der Waals surface area contributed by atoms with Gasteiger partial charge in [-0.1, -0.05) is 188 Å². The number of unbranched alkanes of at least 4 members (excludes halogenated alkanes) is 17.